The minimum atomic E-state index is 0.536. The third-order valence-electron chi connectivity index (χ3n) is 4.86. The van der Waals surface area contributed by atoms with Crippen LogP contribution in [0, 0.1) is 11.3 Å². The molecule has 0 radical (unpaired) electrons. The molecule has 2 heteroatoms. The molecule has 1 aliphatic rings. The van der Waals surface area contributed by atoms with Crippen LogP contribution in [0.5, 0.6) is 0 Å². The molecule has 0 aromatic rings. The Morgan fingerprint density at radius 2 is 2.00 bits per heavy atom. The highest BCUT2D eigenvalue weighted by atomic mass is 15.1. The van der Waals surface area contributed by atoms with Crippen molar-refractivity contribution in [1.29, 1.82) is 0 Å². The molecule has 0 aliphatic heterocycles. The van der Waals surface area contributed by atoms with E-state index in [0.717, 1.165) is 5.92 Å². The van der Waals surface area contributed by atoms with Gasteiger partial charge in [0.05, 0.1) is 0 Å². The average molecular weight is 283 g/mol. The van der Waals surface area contributed by atoms with Gasteiger partial charge in [-0.2, -0.15) is 0 Å². The van der Waals surface area contributed by atoms with E-state index in [4.69, 9.17) is 0 Å². The van der Waals surface area contributed by atoms with Gasteiger partial charge in [0.2, 0.25) is 0 Å². The molecule has 0 saturated heterocycles. The lowest BCUT2D eigenvalue weighted by atomic mass is 9.69. The van der Waals surface area contributed by atoms with Gasteiger partial charge in [-0.3, -0.25) is 0 Å². The Bertz CT molecular complexity index is 242. The highest BCUT2D eigenvalue weighted by molar-refractivity contribution is 4.89. The summed E-state index contributed by atoms with van der Waals surface area (Å²) < 4.78 is 0. The summed E-state index contributed by atoms with van der Waals surface area (Å²) in [5.41, 5.74) is 0.536. The Hall–Kier alpha value is -0.0800. The van der Waals surface area contributed by atoms with Crippen molar-refractivity contribution in [3.63, 3.8) is 0 Å². The lowest BCUT2D eigenvalue weighted by Gasteiger charge is -2.43. The van der Waals surface area contributed by atoms with E-state index in [1.54, 1.807) is 0 Å². The molecule has 1 rings (SSSR count). The summed E-state index contributed by atoms with van der Waals surface area (Å²) in [6.45, 7) is 12.0. The van der Waals surface area contributed by atoms with Crippen LogP contribution in [0.2, 0.25) is 0 Å². The second kappa shape index (κ2) is 9.78. The summed E-state index contributed by atoms with van der Waals surface area (Å²) in [6, 6.07) is 0. The number of rotatable bonds is 10. The monoisotopic (exact) mass is 282 g/mol. The third kappa shape index (κ3) is 6.58. The van der Waals surface area contributed by atoms with Crippen LogP contribution in [0.25, 0.3) is 0 Å². The Labute approximate surface area is 127 Å². The van der Waals surface area contributed by atoms with Gasteiger partial charge >= 0.3 is 0 Å². The van der Waals surface area contributed by atoms with E-state index in [1.807, 2.05) is 0 Å². The molecule has 1 fully saturated rings. The van der Waals surface area contributed by atoms with Crippen LogP contribution in [0.15, 0.2) is 0 Å². The Morgan fingerprint density at radius 1 is 1.20 bits per heavy atom. The first kappa shape index (κ1) is 18.0. The zero-order valence-corrected chi connectivity index (χ0v) is 14.5. The third-order valence-corrected chi connectivity index (χ3v) is 4.86. The molecule has 2 nitrogen and oxygen atoms in total. The molecule has 20 heavy (non-hydrogen) atoms. The standard InChI is InChI=1S/C18H38N2/c1-5-7-8-13-20(4)16-18(15-19-12-6-2)11-9-10-17(3)14-18/h17,19H,5-16H2,1-4H3. The van der Waals surface area contributed by atoms with Gasteiger partial charge in [0.25, 0.3) is 0 Å². The fourth-order valence-corrected chi connectivity index (χ4v) is 3.94. The Morgan fingerprint density at radius 3 is 2.65 bits per heavy atom. The van der Waals surface area contributed by atoms with Crippen LogP contribution in [0.4, 0.5) is 0 Å². The number of unbranched alkanes of at least 4 members (excludes halogenated alkanes) is 2. The van der Waals surface area contributed by atoms with Crippen LogP contribution >= 0.6 is 0 Å². The molecule has 1 aliphatic carbocycles. The predicted octanol–water partition coefficient (Wildman–Crippen LogP) is 4.30. The van der Waals surface area contributed by atoms with Crippen LogP contribution < -0.4 is 5.32 Å². The van der Waals surface area contributed by atoms with E-state index in [9.17, 15) is 0 Å². The fourth-order valence-electron chi connectivity index (χ4n) is 3.94. The lowest BCUT2D eigenvalue weighted by Crippen LogP contribution is -2.46. The molecule has 0 heterocycles. The zero-order chi connectivity index (χ0) is 14.8. The molecule has 1 saturated carbocycles. The molecule has 120 valence electrons. The molecule has 2 unspecified atom stereocenters. The fraction of sp³-hybridized carbons (Fsp3) is 1.00. The van der Waals surface area contributed by atoms with E-state index in [1.165, 1.54) is 77.5 Å². The number of hydrogen-bond acceptors (Lipinski definition) is 2. The maximum Gasteiger partial charge on any atom is 0.00472 e. The molecular weight excluding hydrogens is 244 g/mol. The summed E-state index contributed by atoms with van der Waals surface area (Å²) in [6.07, 6.45) is 11.0. The van der Waals surface area contributed by atoms with Crippen molar-refractivity contribution in [3.8, 4) is 0 Å². The van der Waals surface area contributed by atoms with Crippen molar-refractivity contribution in [3.05, 3.63) is 0 Å². The smallest absolute Gasteiger partial charge is 0.00472 e. The van der Waals surface area contributed by atoms with Crippen LogP contribution in [-0.4, -0.2) is 38.1 Å². The van der Waals surface area contributed by atoms with Crippen molar-refractivity contribution < 1.29 is 0 Å². The predicted molar refractivity (Wildman–Crippen MR) is 90.2 cm³/mol. The second-order valence-electron chi connectivity index (χ2n) is 7.32. The summed E-state index contributed by atoms with van der Waals surface area (Å²) in [4.78, 5) is 2.60. The molecule has 2 atom stereocenters. The van der Waals surface area contributed by atoms with Crippen molar-refractivity contribution in [2.45, 2.75) is 72.1 Å². The van der Waals surface area contributed by atoms with Crippen LogP contribution in [-0.2, 0) is 0 Å². The van der Waals surface area contributed by atoms with Gasteiger partial charge in [-0.25, -0.2) is 0 Å². The van der Waals surface area contributed by atoms with E-state index in [-0.39, 0.29) is 0 Å². The van der Waals surface area contributed by atoms with Gasteiger partial charge in [-0.15, -0.1) is 0 Å². The summed E-state index contributed by atoms with van der Waals surface area (Å²) in [5.74, 6) is 0.913. The van der Waals surface area contributed by atoms with Gasteiger partial charge < -0.3 is 10.2 Å². The first-order valence-electron chi connectivity index (χ1n) is 9.01. The minimum absolute atomic E-state index is 0.536. The SMILES string of the molecule is CCCCCN(C)CC1(CNCCC)CCCC(C)C1. The van der Waals surface area contributed by atoms with E-state index in [2.05, 4.69) is 38.0 Å². The zero-order valence-electron chi connectivity index (χ0n) is 14.5. The highest BCUT2D eigenvalue weighted by Crippen LogP contribution is 2.39. The number of nitrogens with one attached hydrogen (secondary N) is 1. The van der Waals surface area contributed by atoms with Crippen LogP contribution in [0.1, 0.15) is 72.1 Å². The average Bonchev–Trinajstić information content (AvgIpc) is 2.39. The number of hydrogen-bond donors (Lipinski definition) is 1. The molecule has 0 spiro atoms. The molecule has 0 aromatic heterocycles. The Balaban J connectivity index is 2.48. The van der Waals surface area contributed by atoms with Gasteiger partial charge in [-0.1, -0.05) is 46.5 Å². The summed E-state index contributed by atoms with van der Waals surface area (Å²) in [7, 11) is 2.33. The van der Waals surface area contributed by atoms with Crippen molar-refractivity contribution in [2.75, 3.05) is 33.2 Å². The molecular formula is C18H38N2. The molecule has 1 N–H and O–H groups in total. The van der Waals surface area contributed by atoms with E-state index in [0.29, 0.717) is 5.41 Å². The van der Waals surface area contributed by atoms with E-state index < -0.39 is 0 Å². The van der Waals surface area contributed by atoms with Gasteiger partial charge in [0, 0.05) is 13.1 Å². The van der Waals surface area contributed by atoms with Crippen molar-refractivity contribution in [1.82, 2.24) is 10.2 Å². The van der Waals surface area contributed by atoms with Gasteiger partial charge in [0.1, 0.15) is 0 Å². The molecule has 0 amide bonds. The minimum Gasteiger partial charge on any atom is -0.316 e. The first-order valence-corrected chi connectivity index (χ1v) is 9.01. The summed E-state index contributed by atoms with van der Waals surface area (Å²) >= 11 is 0. The normalized spacial score (nSPS) is 27.1. The maximum atomic E-state index is 3.71. The van der Waals surface area contributed by atoms with Crippen molar-refractivity contribution in [2.24, 2.45) is 11.3 Å². The topological polar surface area (TPSA) is 15.3 Å². The van der Waals surface area contributed by atoms with Crippen molar-refractivity contribution >= 4 is 0 Å². The van der Waals surface area contributed by atoms with E-state index >= 15 is 0 Å². The Kier molecular flexibility index (Phi) is 8.79. The van der Waals surface area contributed by atoms with Crippen LogP contribution in [0.3, 0.4) is 0 Å². The number of nitrogens with zero attached hydrogens (tertiary/aromatic N) is 1. The maximum absolute atomic E-state index is 3.71. The summed E-state index contributed by atoms with van der Waals surface area (Å²) in [5, 5.41) is 3.71. The largest absolute Gasteiger partial charge is 0.316 e. The second-order valence-corrected chi connectivity index (χ2v) is 7.32. The molecule has 0 bridgehead atoms. The lowest BCUT2D eigenvalue weighted by molar-refractivity contribution is 0.0913. The highest BCUT2D eigenvalue weighted by Gasteiger charge is 2.35. The first-order chi connectivity index (χ1) is 9.62. The quantitative estimate of drug-likeness (QED) is 0.601. The van der Waals surface area contributed by atoms with Gasteiger partial charge in [-0.05, 0) is 57.2 Å². The van der Waals surface area contributed by atoms with Gasteiger partial charge in [0.15, 0.2) is 0 Å². The molecule has 0 aromatic carbocycles.